The highest BCUT2D eigenvalue weighted by molar-refractivity contribution is 5.40. The molecule has 13 heteroatoms. The van der Waals surface area contributed by atoms with Crippen LogP contribution in [0.15, 0.2) is 24.3 Å². The van der Waals surface area contributed by atoms with E-state index in [4.69, 9.17) is 4.74 Å². The molecule has 2 N–H and O–H groups in total. The van der Waals surface area contributed by atoms with E-state index in [-0.39, 0.29) is 11.9 Å². The molecule has 1 atom stereocenters. The Morgan fingerprint density at radius 1 is 0.882 bits per heavy atom. The van der Waals surface area contributed by atoms with Crippen LogP contribution in [0.3, 0.4) is 0 Å². The molecule has 0 saturated carbocycles. The molecule has 0 aliphatic rings. The topological polar surface area (TPSA) is 75.2 Å². The summed E-state index contributed by atoms with van der Waals surface area (Å²) < 4.78 is 86.9. The summed E-state index contributed by atoms with van der Waals surface area (Å²) in [6.07, 6.45) is 0. The largest absolute Gasteiger partial charge is 0.418 e. The second kappa shape index (κ2) is 10.5. The van der Waals surface area contributed by atoms with Crippen molar-refractivity contribution < 1.29 is 31.1 Å². The summed E-state index contributed by atoms with van der Waals surface area (Å²) >= 11 is 0. The molecule has 3 aromatic rings. The lowest BCUT2D eigenvalue weighted by molar-refractivity contribution is 0.322. The van der Waals surface area contributed by atoms with Crippen LogP contribution < -0.4 is 15.4 Å². The van der Waals surface area contributed by atoms with Gasteiger partial charge in [0.1, 0.15) is 5.82 Å². The molecule has 3 rings (SSSR count). The third kappa shape index (κ3) is 5.84. The van der Waals surface area contributed by atoms with E-state index in [0.29, 0.717) is 18.7 Å². The molecule has 7 nitrogen and oxygen atoms in total. The van der Waals surface area contributed by atoms with E-state index in [2.05, 4.69) is 25.6 Å². The summed E-state index contributed by atoms with van der Waals surface area (Å²) in [6.45, 7) is 2.57. The number of ether oxygens (including phenoxy) is 1. The van der Waals surface area contributed by atoms with E-state index in [1.54, 1.807) is 13.0 Å². The van der Waals surface area contributed by atoms with Crippen LogP contribution in [0.4, 0.5) is 38.2 Å². The highest BCUT2D eigenvalue weighted by atomic mass is 19.2. The zero-order valence-electron chi connectivity index (χ0n) is 18.3. The number of benzene rings is 2. The van der Waals surface area contributed by atoms with Gasteiger partial charge in [0.05, 0.1) is 6.04 Å². The number of aromatic nitrogens is 3. The molecular weight excluding hydrogens is 466 g/mol. The lowest BCUT2D eigenvalue weighted by Crippen LogP contribution is -2.22. The fraction of sp³-hybridized carbons (Fsp3) is 0.286. The molecule has 0 aliphatic carbocycles. The molecule has 0 spiro atoms. The highest BCUT2D eigenvalue weighted by Gasteiger charge is 2.28. The number of likely N-dealkylation sites (N-methyl/N-ethyl adjacent to an activating group) is 1. The SMILES string of the molecule is CC(Nc1nc(NCCN(C)C)nc(Oc2c(F)c(F)c(F)c(F)c2F)n1)c1cccc(F)c1. The Balaban J connectivity index is 1.95. The molecule has 1 heterocycles. The Hall–Kier alpha value is -3.61. The molecule has 0 fully saturated rings. The zero-order valence-corrected chi connectivity index (χ0v) is 18.3. The van der Waals surface area contributed by atoms with Gasteiger partial charge in [-0.15, -0.1) is 0 Å². The summed E-state index contributed by atoms with van der Waals surface area (Å²) in [4.78, 5) is 13.7. The smallest absolute Gasteiger partial charge is 0.328 e. The van der Waals surface area contributed by atoms with Crippen molar-refractivity contribution in [3.8, 4) is 11.8 Å². The number of rotatable bonds is 9. The van der Waals surface area contributed by atoms with Crippen LogP contribution in [0.1, 0.15) is 18.5 Å². The number of nitrogens with one attached hydrogen (secondary N) is 2. The quantitative estimate of drug-likeness (QED) is 0.259. The Morgan fingerprint density at radius 3 is 2.12 bits per heavy atom. The summed E-state index contributed by atoms with van der Waals surface area (Å²) in [5.74, 6) is -13.3. The maximum atomic E-state index is 14.1. The van der Waals surface area contributed by atoms with Gasteiger partial charge in [0.25, 0.3) is 0 Å². The molecule has 0 radical (unpaired) electrons. The Bertz CT molecular complexity index is 1150. The van der Waals surface area contributed by atoms with Crippen LogP contribution in [0.2, 0.25) is 0 Å². The maximum absolute atomic E-state index is 14.1. The van der Waals surface area contributed by atoms with Crippen LogP contribution >= 0.6 is 0 Å². The number of hydrogen-bond acceptors (Lipinski definition) is 7. The van der Waals surface area contributed by atoms with E-state index in [9.17, 15) is 26.3 Å². The summed E-state index contributed by atoms with van der Waals surface area (Å²) in [5, 5.41) is 5.70. The second-order valence-electron chi connectivity index (χ2n) is 7.42. The third-order valence-electron chi connectivity index (χ3n) is 4.51. The van der Waals surface area contributed by atoms with Gasteiger partial charge in [-0.05, 0) is 38.7 Å². The first kappa shape index (κ1) is 25.0. The minimum absolute atomic E-state index is 0.0929. The van der Waals surface area contributed by atoms with E-state index >= 15 is 0 Å². The maximum Gasteiger partial charge on any atom is 0.328 e. The van der Waals surface area contributed by atoms with Gasteiger partial charge in [-0.1, -0.05) is 12.1 Å². The lowest BCUT2D eigenvalue weighted by atomic mass is 10.1. The van der Waals surface area contributed by atoms with Crippen molar-refractivity contribution in [1.82, 2.24) is 19.9 Å². The Morgan fingerprint density at radius 2 is 1.50 bits per heavy atom. The molecule has 1 unspecified atom stereocenters. The van der Waals surface area contributed by atoms with Crippen molar-refractivity contribution in [3.63, 3.8) is 0 Å². The number of halogens is 6. The minimum atomic E-state index is -2.32. The average molecular weight is 486 g/mol. The van der Waals surface area contributed by atoms with Crippen LogP contribution in [-0.4, -0.2) is 47.0 Å². The molecule has 34 heavy (non-hydrogen) atoms. The molecule has 2 aromatic carbocycles. The lowest BCUT2D eigenvalue weighted by Gasteiger charge is -2.16. The number of hydrogen-bond donors (Lipinski definition) is 2. The summed E-state index contributed by atoms with van der Waals surface area (Å²) in [5.41, 5.74) is 0.532. The second-order valence-corrected chi connectivity index (χ2v) is 7.42. The van der Waals surface area contributed by atoms with Gasteiger partial charge < -0.3 is 20.3 Å². The molecule has 1 aromatic heterocycles. The van der Waals surface area contributed by atoms with Crippen molar-refractivity contribution in [2.45, 2.75) is 13.0 Å². The van der Waals surface area contributed by atoms with Gasteiger partial charge in [0.2, 0.25) is 46.7 Å². The van der Waals surface area contributed by atoms with Crippen LogP contribution in [0, 0.1) is 34.9 Å². The van der Waals surface area contributed by atoms with Crippen molar-refractivity contribution in [2.75, 3.05) is 37.8 Å². The van der Waals surface area contributed by atoms with E-state index in [1.807, 2.05) is 19.0 Å². The van der Waals surface area contributed by atoms with Gasteiger partial charge in [0.15, 0.2) is 0 Å². The van der Waals surface area contributed by atoms with Gasteiger partial charge >= 0.3 is 6.01 Å². The molecule has 0 bridgehead atoms. The number of nitrogens with zero attached hydrogens (tertiary/aromatic N) is 4. The Labute approximate surface area is 190 Å². The predicted octanol–water partition coefficient (Wildman–Crippen LogP) is 4.65. The van der Waals surface area contributed by atoms with Gasteiger partial charge in [-0.25, -0.2) is 17.6 Å². The van der Waals surface area contributed by atoms with Crippen molar-refractivity contribution in [1.29, 1.82) is 0 Å². The molecule has 0 aliphatic heterocycles. The van der Waals surface area contributed by atoms with Crippen molar-refractivity contribution in [2.24, 2.45) is 0 Å². The summed E-state index contributed by atoms with van der Waals surface area (Å²) in [6, 6.07) is 4.42. The van der Waals surface area contributed by atoms with Crippen LogP contribution in [0.5, 0.6) is 11.8 Å². The van der Waals surface area contributed by atoms with E-state index in [1.165, 1.54) is 18.2 Å². The van der Waals surface area contributed by atoms with Crippen molar-refractivity contribution >= 4 is 11.9 Å². The first-order valence-corrected chi connectivity index (χ1v) is 9.92. The monoisotopic (exact) mass is 486 g/mol. The van der Waals surface area contributed by atoms with E-state index in [0.717, 1.165) is 0 Å². The minimum Gasteiger partial charge on any atom is -0.418 e. The predicted molar refractivity (Wildman–Crippen MR) is 112 cm³/mol. The normalized spacial score (nSPS) is 12.1. The average Bonchev–Trinajstić information content (AvgIpc) is 2.79. The van der Waals surface area contributed by atoms with Gasteiger partial charge in [-0.2, -0.15) is 23.7 Å². The fourth-order valence-corrected chi connectivity index (χ4v) is 2.76. The first-order valence-electron chi connectivity index (χ1n) is 9.92. The van der Waals surface area contributed by atoms with Crippen LogP contribution in [-0.2, 0) is 0 Å². The molecule has 182 valence electrons. The van der Waals surface area contributed by atoms with Gasteiger partial charge in [-0.3, -0.25) is 0 Å². The number of anilines is 2. The molecular formula is C21H20F6N6O. The van der Waals surface area contributed by atoms with E-state index < -0.39 is 52.7 Å². The first-order chi connectivity index (χ1) is 16.1. The standard InChI is InChI=1S/C21H20F6N6O/c1-10(11-5-4-6-12(22)9-11)29-20-30-19(28-7-8-33(2)3)31-21(32-20)34-18-16(26)14(24)13(23)15(25)17(18)27/h4-6,9-10H,7-8H2,1-3H3,(H2,28,29,30,31,32). The van der Waals surface area contributed by atoms with Crippen LogP contribution in [0.25, 0.3) is 0 Å². The van der Waals surface area contributed by atoms with Gasteiger partial charge in [0, 0.05) is 13.1 Å². The fourth-order valence-electron chi connectivity index (χ4n) is 2.76. The zero-order chi connectivity index (χ0) is 25.0. The molecule has 0 saturated heterocycles. The van der Waals surface area contributed by atoms with Crippen molar-refractivity contribution in [3.05, 3.63) is 64.7 Å². The Kier molecular flexibility index (Phi) is 7.76. The molecule has 0 amide bonds. The highest BCUT2D eigenvalue weighted by Crippen LogP contribution is 2.32. The summed E-state index contributed by atoms with van der Waals surface area (Å²) in [7, 11) is 3.64. The third-order valence-corrected chi connectivity index (χ3v) is 4.51.